The first-order valence-corrected chi connectivity index (χ1v) is 7.52. The van der Waals surface area contributed by atoms with Crippen LogP contribution in [0.2, 0.25) is 5.02 Å². The van der Waals surface area contributed by atoms with Gasteiger partial charge in [-0.25, -0.2) is 0 Å². The molecule has 1 N–H and O–H groups in total. The number of ether oxygens (including phenoxy) is 1. The minimum atomic E-state index is -0.614. The number of phenolic OH excluding ortho intramolecular Hbond substituents is 1. The molecule has 0 aliphatic carbocycles. The molecule has 1 aliphatic rings. The van der Waals surface area contributed by atoms with Gasteiger partial charge < -0.3 is 14.7 Å². The zero-order chi connectivity index (χ0) is 15.7. The first kappa shape index (κ1) is 14.7. The lowest BCUT2D eigenvalue weighted by molar-refractivity contribution is -0.126. The minimum Gasteiger partial charge on any atom is -0.508 e. The van der Waals surface area contributed by atoms with Crippen LogP contribution < -0.4 is 9.64 Å². The Morgan fingerprint density at radius 2 is 2.05 bits per heavy atom. The van der Waals surface area contributed by atoms with Gasteiger partial charge in [-0.2, -0.15) is 0 Å². The van der Waals surface area contributed by atoms with Crippen LogP contribution in [0.25, 0.3) is 0 Å². The van der Waals surface area contributed by atoms with E-state index in [1.54, 1.807) is 29.2 Å². The number of carbonyl (C=O) groups is 1. The van der Waals surface area contributed by atoms with Crippen molar-refractivity contribution in [3.05, 3.63) is 53.1 Å². The van der Waals surface area contributed by atoms with Gasteiger partial charge in [0, 0.05) is 24.1 Å². The van der Waals surface area contributed by atoms with E-state index in [4.69, 9.17) is 16.3 Å². The Bertz CT molecular complexity index is 717. The van der Waals surface area contributed by atoms with E-state index < -0.39 is 6.10 Å². The van der Waals surface area contributed by atoms with Gasteiger partial charge in [-0.15, -0.1) is 0 Å². The van der Waals surface area contributed by atoms with Gasteiger partial charge in [-0.05, 0) is 30.7 Å². The number of hydrogen-bond acceptors (Lipinski definition) is 3. The summed E-state index contributed by atoms with van der Waals surface area (Å²) >= 11 is 6.17. The average molecular weight is 318 g/mol. The van der Waals surface area contributed by atoms with Crippen molar-refractivity contribution in [3.63, 3.8) is 0 Å². The first-order valence-electron chi connectivity index (χ1n) is 7.14. The third-order valence-electron chi connectivity index (χ3n) is 3.72. The molecular weight excluding hydrogens is 302 g/mol. The van der Waals surface area contributed by atoms with Crippen LogP contribution in [0.15, 0.2) is 42.5 Å². The topological polar surface area (TPSA) is 49.8 Å². The number of carbonyl (C=O) groups excluding carboxylic acids is 1. The van der Waals surface area contributed by atoms with Crippen molar-refractivity contribution in [2.75, 3.05) is 11.4 Å². The van der Waals surface area contributed by atoms with Crippen LogP contribution >= 0.6 is 11.6 Å². The molecule has 1 aliphatic heterocycles. The van der Waals surface area contributed by atoms with Gasteiger partial charge in [0.05, 0.1) is 5.69 Å². The van der Waals surface area contributed by atoms with E-state index in [1.807, 2.05) is 25.1 Å². The molecule has 5 heteroatoms. The zero-order valence-electron chi connectivity index (χ0n) is 12.1. The van der Waals surface area contributed by atoms with Crippen LogP contribution in [0.5, 0.6) is 11.5 Å². The van der Waals surface area contributed by atoms with E-state index in [1.165, 1.54) is 0 Å². The minimum absolute atomic E-state index is 0.109. The lowest BCUT2D eigenvalue weighted by Gasteiger charge is -2.34. The number of aromatic hydroxyl groups is 1. The second-order valence-electron chi connectivity index (χ2n) is 5.14. The monoisotopic (exact) mass is 317 g/mol. The van der Waals surface area contributed by atoms with Crippen LogP contribution in [-0.2, 0) is 11.2 Å². The number of benzene rings is 2. The summed E-state index contributed by atoms with van der Waals surface area (Å²) in [6.45, 7) is 2.40. The van der Waals surface area contributed by atoms with E-state index >= 15 is 0 Å². The highest BCUT2D eigenvalue weighted by atomic mass is 35.5. The molecule has 2 aromatic carbocycles. The summed E-state index contributed by atoms with van der Waals surface area (Å²) in [5.74, 6) is 0.579. The SMILES string of the molecule is CCN1C(=O)C(Cc2ccccc2Cl)Oc2ccc(O)cc21. The zero-order valence-corrected chi connectivity index (χ0v) is 12.9. The molecule has 0 saturated carbocycles. The number of amides is 1. The van der Waals surface area contributed by atoms with Crippen molar-refractivity contribution >= 4 is 23.2 Å². The maximum atomic E-state index is 12.6. The summed E-state index contributed by atoms with van der Waals surface area (Å²) < 4.78 is 5.83. The second kappa shape index (κ2) is 5.89. The van der Waals surface area contributed by atoms with E-state index in [-0.39, 0.29) is 11.7 Å². The molecular formula is C17H16ClNO3. The normalized spacial score (nSPS) is 17.1. The smallest absolute Gasteiger partial charge is 0.268 e. The molecule has 4 nitrogen and oxygen atoms in total. The number of likely N-dealkylation sites (N-methyl/N-ethyl adjacent to an activating group) is 1. The average Bonchev–Trinajstić information content (AvgIpc) is 2.51. The molecule has 1 amide bonds. The molecule has 0 saturated heterocycles. The van der Waals surface area contributed by atoms with Crippen LogP contribution in [-0.4, -0.2) is 23.7 Å². The lowest BCUT2D eigenvalue weighted by atomic mass is 10.0. The summed E-state index contributed by atoms with van der Waals surface area (Å²) in [6, 6.07) is 12.2. The fraction of sp³-hybridized carbons (Fsp3) is 0.235. The van der Waals surface area contributed by atoms with Gasteiger partial charge in [0.25, 0.3) is 5.91 Å². The fourth-order valence-electron chi connectivity index (χ4n) is 2.63. The van der Waals surface area contributed by atoms with Crippen LogP contribution in [0.1, 0.15) is 12.5 Å². The van der Waals surface area contributed by atoms with Crippen LogP contribution in [0, 0.1) is 0 Å². The van der Waals surface area contributed by atoms with Gasteiger partial charge in [-0.1, -0.05) is 29.8 Å². The molecule has 0 spiro atoms. The largest absolute Gasteiger partial charge is 0.508 e. The molecule has 0 aromatic heterocycles. The van der Waals surface area contributed by atoms with Crippen molar-refractivity contribution in [2.24, 2.45) is 0 Å². The predicted molar refractivity (Wildman–Crippen MR) is 85.7 cm³/mol. The number of rotatable bonds is 3. The molecule has 22 heavy (non-hydrogen) atoms. The Labute approximate surface area is 133 Å². The van der Waals surface area contributed by atoms with Gasteiger partial charge in [-0.3, -0.25) is 4.79 Å². The van der Waals surface area contributed by atoms with Crippen molar-refractivity contribution < 1.29 is 14.6 Å². The van der Waals surface area contributed by atoms with E-state index in [2.05, 4.69) is 0 Å². The molecule has 0 fully saturated rings. The van der Waals surface area contributed by atoms with Crippen molar-refractivity contribution in [1.29, 1.82) is 0 Å². The Morgan fingerprint density at radius 1 is 1.27 bits per heavy atom. The first-order chi connectivity index (χ1) is 10.6. The fourth-order valence-corrected chi connectivity index (χ4v) is 2.84. The van der Waals surface area contributed by atoms with Gasteiger partial charge in [0.2, 0.25) is 0 Å². The van der Waals surface area contributed by atoms with Gasteiger partial charge >= 0.3 is 0 Å². The third-order valence-corrected chi connectivity index (χ3v) is 4.09. The summed E-state index contributed by atoms with van der Waals surface area (Å²) in [5, 5.41) is 10.2. The predicted octanol–water partition coefficient (Wildman–Crippen LogP) is 3.40. The number of halogens is 1. The highest BCUT2D eigenvalue weighted by molar-refractivity contribution is 6.31. The Balaban J connectivity index is 1.93. The second-order valence-corrected chi connectivity index (χ2v) is 5.54. The maximum Gasteiger partial charge on any atom is 0.268 e. The van der Waals surface area contributed by atoms with Gasteiger partial charge in [0.1, 0.15) is 11.5 Å². The van der Waals surface area contributed by atoms with E-state index in [0.29, 0.717) is 29.4 Å². The maximum absolute atomic E-state index is 12.6. The van der Waals surface area contributed by atoms with Crippen LogP contribution in [0.4, 0.5) is 5.69 Å². The summed E-state index contributed by atoms with van der Waals surface area (Å²) in [6.07, 6.45) is -0.202. The number of fused-ring (bicyclic) bond motifs is 1. The summed E-state index contributed by atoms with van der Waals surface area (Å²) in [4.78, 5) is 14.2. The van der Waals surface area contributed by atoms with Crippen molar-refractivity contribution in [1.82, 2.24) is 0 Å². The van der Waals surface area contributed by atoms with E-state index in [9.17, 15) is 9.90 Å². The molecule has 0 radical (unpaired) electrons. The molecule has 114 valence electrons. The number of nitrogens with zero attached hydrogens (tertiary/aromatic N) is 1. The summed E-state index contributed by atoms with van der Waals surface area (Å²) in [7, 11) is 0. The standard InChI is InChI=1S/C17H16ClNO3/c1-2-19-14-10-12(20)7-8-15(14)22-16(17(19)21)9-11-5-3-4-6-13(11)18/h3-8,10,16,20H,2,9H2,1H3. The van der Waals surface area contributed by atoms with Gasteiger partial charge in [0.15, 0.2) is 6.10 Å². The Kier molecular flexibility index (Phi) is 3.94. The molecule has 2 aromatic rings. The van der Waals surface area contributed by atoms with E-state index in [0.717, 1.165) is 5.56 Å². The number of hydrogen-bond donors (Lipinski definition) is 1. The Morgan fingerprint density at radius 3 is 2.77 bits per heavy atom. The molecule has 3 rings (SSSR count). The third kappa shape index (κ3) is 2.62. The van der Waals surface area contributed by atoms with Crippen molar-refractivity contribution in [2.45, 2.75) is 19.4 Å². The number of anilines is 1. The van der Waals surface area contributed by atoms with Crippen molar-refractivity contribution in [3.8, 4) is 11.5 Å². The molecule has 1 heterocycles. The number of phenols is 1. The highest BCUT2D eigenvalue weighted by Crippen LogP contribution is 2.37. The molecule has 1 atom stereocenters. The lowest BCUT2D eigenvalue weighted by Crippen LogP contribution is -2.46. The molecule has 1 unspecified atom stereocenters. The Hall–Kier alpha value is -2.20. The van der Waals surface area contributed by atoms with Crippen LogP contribution in [0.3, 0.4) is 0 Å². The highest BCUT2D eigenvalue weighted by Gasteiger charge is 2.34. The summed E-state index contributed by atoms with van der Waals surface area (Å²) in [5.41, 5.74) is 1.48. The molecule has 0 bridgehead atoms. The quantitative estimate of drug-likeness (QED) is 0.944.